The van der Waals surface area contributed by atoms with Gasteiger partial charge in [0, 0.05) is 34.2 Å². The molecule has 0 unspecified atom stereocenters. The summed E-state index contributed by atoms with van der Waals surface area (Å²) < 4.78 is 6.01. The largest absolute Gasteiger partial charge is 0.478 e. The van der Waals surface area contributed by atoms with Gasteiger partial charge in [-0.15, -0.1) is 0 Å². The van der Waals surface area contributed by atoms with Crippen LogP contribution in [0.1, 0.15) is 20.7 Å². The molecule has 0 atom stereocenters. The summed E-state index contributed by atoms with van der Waals surface area (Å²) in [6, 6.07) is 22.1. The fourth-order valence-electron chi connectivity index (χ4n) is 4.09. The summed E-state index contributed by atoms with van der Waals surface area (Å²) >= 11 is 0. The maximum Gasteiger partial charge on any atom is 0.336 e. The number of hydrogen-bond donors (Lipinski definition) is 3. The van der Waals surface area contributed by atoms with Gasteiger partial charge >= 0.3 is 5.97 Å². The fourth-order valence-corrected chi connectivity index (χ4v) is 4.09. The van der Waals surface area contributed by atoms with Gasteiger partial charge in [0.25, 0.3) is 5.91 Å². The summed E-state index contributed by atoms with van der Waals surface area (Å²) in [6.45, 7) is 0. The zero-order valence-electron chi connectivity index (χ0n) is 18.6. The molecule has 3 N–H and O–H groups in total. The molecular formula is C28H18N2O6. The second-order valence-electron chi connectivity index (χ2n) is 7.95. The van der Waals surface area contributed by atoms with Gasteiger partial charge in [-0.05, 0) is 48.0 Å². The Labute approximate surface area is 203 Å². The summed E-state index contributed by atoms with van der Waals surface area (Å²) in [4.78, 5) is 49.2. The van der Waals surface area contributed by atoms with Crippen molar-refractivity contribution in [3.05, 3.63) is 122 Å². The molecule has 1 amide bonds. The first-order chi connectivity index (χ1) is 17.4. The number of aromatic carboxylic acids is 1. The molecule has 1 heterocycles. The highest BCUT2D eigenvalue weighted by molar-refractivity contribution is 6.11. The van der Waals surface area contributed by atoms with Crippen molar-refractivity contribution in [1.82, 2.24) is 10.9 Å². The van der Waals surface area contributed by atoms with Crippen molar-refractivity contribution in [1.29, 1.82) is 0 Å². The standard InChI is InChI=1S/C28H18N2O6/c31-17-10-11-20-24(14-17)36-26-21(25(20)18-8-4-5-9-19(18)28(34)35)12-13-23(32)22(26)15-29-30-27(33)16-6-2-1-3-7-16/h1-15,29H,(H,30,33)(H,34,35)/b22-15+. The molecule has 5 rings (SSSR count). The van der Waals surface area contributed by atoms with Crippen LogP contribution in [0.15, 0.2) is 98.9 Å². The van der Waals surface area contributed by atoms with Crippen LogP contribution in [0.2, 0.25) is 0 Å². The predicted molar refractivity (Wildman–Crippen MR) is 135 cm³/mol. The lowest BCUT2D eigenvalue weighted by Gasteiger charge is -2.13. The Kier molecular flexibility index (Phi) is 5.75. The molecule has 1 aromatic heterocycles. The molecule has 0 aliphatic rings. The molecule has 0 bridgehead atoms. The van der Waals surface area contributed by atoms with E-state index in [-0.39, 0.29) is 27.4 Å². The van der Waals surface area contributed by atoms with E-state index in [1.54, 1.807) is 60.7 Å². The van der Waals surface area contributed by atoms with E-state index in [1.165, 1.54) is 30.5 Å². The van der Waals surface area contributed by atoms with E-state index in [4.69, 9.17) is 4.42 Å². The quantitative estimate of drug-likeness (QED) is 0.262. The van der Waals surface area contributed by atoms with Crippen LogP contribution in [0.25, 0.3) is 39.3 Å². The van der Waals surface area contributed by atoms with Gasteiger partial charge in [0.1, 0.15) is 11.2 Å². The Bertz CT molecular complexity index is 1830. The maximum atomic E-state index is 12.8. The Hall–Kier alpha value is -5.24. The summed E-state index contributed by atoms with van der Waals surface area (Å²) in [7, 11) is 0. The molecular weight excluding hydrogens is 460 g/mol. The molecule has 8 heteroatoms. The van der Waals surface area contributed by atoms with E-state index in [1.807, 2.05) is 0 Å². The minimum Gasteiger partial charge on any atom is -0.478 e. The minimum absolute atomic E-state index is 0.0579. The zero-order valence-corrected chi connectivity index (χ0v) is 18.6. The Morgan fingerprint density at radius 3 is 2.33 bits per heavy atom. The second-order valence-corrected chi connectivity index (χ2v) is 7.95. The van der Waals surface area contributed by atoms with Crippen LogP contribution in [0, 0.1) is 0 Å². The predicted octanol–water partition coefficient (Wildman–Crippen LogP) is 3.06. The molecule has 0 aliphatic heterocycles. The number of carboxylic acids is 1. The van der Waals surface area contributed by atoms with Crippen molar-refractivity contribution in [2.24, 2.45) is 0 Å². The number of carbonyl (C=O) groups is 2. The molecule has 176 valence electrons. The van der Waals surface area contributed by atoms with E-state index >= 15 is 0 Å². The molecule has 0 fully saturated rings. The lowest BCUT2D eigenvalue weighted by molar-refractivity contribution is 0.0697. The Morgan fingerprint density at radius 2 is 1.56 bits per heavy atom. The van der Waals surface area contributed by atoms with E-state index < -0.39 is 17.3 Å². The SMILES string of the molecule is O=C(NN/C=c1\c(=O)ccc2c(-c3ccccc3C(=O)O)c3ccc(=O)cc3oc12)c1ccccc1. The number of fused-ring (bicyclic) bond motifs is 2. The molecule has 36 heavy (non-hydrogen) atoms. The molecule has 5 aromatic rings. The van der Waals surface area contributed by atoms with Gasteiger partial charge in [-0.1, -0.05) is 36.4 Å². The third kappa shape index (κ3) is 4.07. The van der Waals surface area contributed by atoms with E-state index in [0.717, 1.165) is 0 Å². The first kappa shape index (κ1) is 22.5. The second kappa shape index (κ2) is 9.19. The van der Waals surface area contributed by atoms with E-state index in [0.29, 0.717) is 27.5 Å². The third-order valence-corrected chi connectivity index (χ3v) is 5.72. The van der Waals surface area contributed by atoms with Crippen LogP contribution in [-0.2, 0) is 0 Å². The third-order valence-electron chi connectivity index (χ3n) is 5.72. The average molecular weight is 478 g/mol. The van der Waals surface area contributed by atoms with Gasteiger partial charge in [-0.3, -0.25) is 19.8 Å². The number of carbonyl (C=O) groups excluding carboxylic acids is 1. The highest BCUT2D eigenvalue weighted by Gasteiger charge is 2.19. The number of carboxylic acid groups (broad SMARTS) is 1. The van der Waals surface area contributed by atoms with Gasteiger partial charge in [0.05, 0.1) is 10.8 Å². The minimum atomic E-state index is -1.12. The first-order valence-corrected chi connectivity index (χ1v) is 10.9. The zero-order chi connectivity index (χ0) is 25.2. The van der Waals surface area contributed by atoms with Crippen LogP contribution < -0.4 is 26.9 Å². The van der Waals surface area contributed by atoms with Gasteiger partial charge in [0.2, 0.25) is 0 Å². The van der Waals surface area contributed by atoms with Crippen LogP contribution in [0.4, 0.5) is 0 Å². The highest BCUT2D eigenvalue weighted by Crippen LogP contribution is 2.36. The summed E-state index contributed by atoms with van der Waals surface area (Å²) in [5, 5.41) is 10.9. The number of benzene rings is 4. The topological polar surface area (TPSA) is 126 Å². The number of hydrogen-bond acceptors (Lipinski definition) is 6. The molecule has 0 aliphatic carbocycles. The van der Waals surface area contributed by atoms with E-state index in [2.05, 4.69) is 10.9 Å². The van der Waals surface area contributed by atoms with E-state index in [9.17, 15) is 24.3 Å². The smallest absolute Gasteiger partial charge is 0.336 e. The number of amides is 1. The van der Waals surface area contributed by atoms with Crippen LogP contribution in [0.5, 0.6) is 0 Å². The summed E-state index contributed by atoms with van der Waals surface area (Å²) in [6.07, 6.45) is 1.30. The Balaban J connectivity index is 1.75. The van der Waals surface area contributed by atoms with Crippen molar-refractivity contribution in [3.63, 3.8) is 0 Å². The van der Waals surface area contributed by atoms with Crippen LogP contribution in [0.3, 0.4) is 0 Å². The number of nitrogens with one attached hydrogen (secondary N) is 2. The van der Waals surface area contributed by atoms with Crippen molar-refractivity contribution in [3.8, 4) is 11.1 Å². The number of hydrazine groups is 1. The van der Waals surface area contributed by atoms with Gasteiger partial charge < -0.3 is 14.9 Å². The van der Waals surface area contributed by atoms with Crippen molar-refractivity contribution in [2.45, 2.75) is 0 Å². The summed E-state index contributed by atoms with van der Waals surface area (Å²) in [5.41, 5.74) is 6.16. The normalized spacial score (nSPS) is 11.5. The monoisotopic (exact) mass is 478 g/mol. The van der Waals surface area contributed by atoms with Crippen molar-refractivity contribution in [2.75, 3.05) is 0 Å². The molecule has 8 nitrogen and oxygen atoms in total. The van der Waals surface area contributed by atoms with Crippen molar-refractivity contribution < 1.29 is 19.1 Å². The first-order valence-electron chi connectivity index (χ1n) is 10.9. The van der Waals surface area contributed by atoms with Crippen molar-refractivity contribution >= 4 is 40.0 Å². The van der Waals surface area contributed by atoms with Gasteiger partial charge in [-0.2, -0.15) is 0 Å². The highest BCUT2D eigenvalue weighted by atomic mass is 16.4. The molecule has 0 spiro atoms. The Morgan fingerprint density at radius 1 is 0.833 bits per heavy atom. The summed E-state index contributed by atoms with van der Waals surface area (Å²) in [5.74, 6) is -1.53. The molecule has 0 radical (unpaired) electrons. The maximum absolute atomic E-state index is 12.8. The number of rotatable bonds is 5. The molecule has 0 saturated heterocycles. The van der Waals surface area contributed by atoms with Gasteiger partial charge in [-0.25, -0.2) is 4.79 Å². The van der Waals surface area contributed by atoms with Crippen LogP contribution in [-0.4, -0.2) is 17.0 Å². The van der Waals surface area contributed by atoms with Crippen LogP contribution >= 0.6 is 0 Å². The molecule has 0 saturated carbocycles. The lowest BCUT2D eigenvalue weighted by Crippen LogP contribution is -2.37. The average Bonchev–Trinajstić information content (AvgIpc) is 2.89. The molecule has 4 aromatic carbocycles. The van der Waals surface area contributed by atoms with Gasteiger partial charge in [0.15, 0.2) is 10.9 Å². The lowest BCUT2D eigenvalue weighted by atomic mass is 9.93. The fraction of sp³-hybridized carbons (Fsp3) is 0.